The molecule has 0 heteroatoms. The SMILES string of the molecule is CC1(C)c2ccccc2-c2ccc3c(c21)c1ccccc1c1cc(-c2ccc4c(c2)c2ccccc2c2c5c(c6ccccc6c42)-c2ccccc2C5(C)C)c2ccccc2c13. The summed E-state index contributed by atoms with van der Waals surface area (Å²) in [4.78, 5) is 0. The second-order valence-electron chi connectivity index (χ2n) is 19.0. The van der Waals surface area contributed by atoms with Crippen molar-refractivity contribution in [3.8, 4) is 33.4 Å². The van der Waals surface area contributed by atoms with Gasteiger partial charge in [-0.1, -0.05) is 198 Å². The molecule has 290 valence electrons. The van der Waals surface area contributed by atoms with E-state index < -0.39 is 0 Å². The van der Waals surface area contributed by atoms with Gasteiger partial charge >= 0.3 is 0 Å². The molecule has 0 amide bonds. The summed E-state index contributed by atoms with van der Waals surface area (Å²) in [5.74, 6) is 0. The zero-order valence-electron chi connectivity index (χ0n) is 35.3. The molecule has 0 saturated carbocycles. The van der Waals surface area contributed by atoms with Gasteiger partial charge in [0.05, 0.1) is 0 Å². The Balaban J connectivity index is 1.10. The van der Waals surface area contributed by atoms with Crippen LogP contribution in [-0.4, -0.2) is 0 Å². The van der Waals surface area contributed by atoms with Crippen LogP contribution in [0.5, 0.6) is 0 Å². The predicted octanol–water partition coefficient (Wildman–Crippen LogP) is 17.2. The largest absolute Gasteiger partial charge is 0.0619 e. The minimum Gasteiger partial charge on any atom is -0.0619 e. The highest BCUT2D eigenvalue weighted by atomic mass is 14.4. The van der Waals surface area contributed by atoms with Crippen molar-refractivity contribution in [1.82, 2.24) is 0 Å². The molecule has 0 N–H and O–H groups in total. The van der Waals surface area contributed by atoms with E-state index in [1.165, 1.54) is 142 Å². The van der Waals surface area contributed by atoms with Crippen molar-refractivity contribution >= 4 is 86.2 Å². The Morgan fingerprint density at radius 1 is 0.258 bits per heavy atom. The van der Waals surface area contributed by atoms with Gasteiger partial charge in [0.25, 0.3) is 0 Å². The molecular weight excluding hydrogens is 745 g/mol. The molecule has 2 aliphatic carbocycles. The predicted molar refractivity (Wildman–Crippen MR) is 267 cm³/mol. The van der Waals surface area contributed by atoms with Crippen LogP contribution < -0.4 is 0 Å². The quantitative estimate of drug-likeness (QED) is 0.145. The number of rotatable bonds is 1. The van der Waals surface area contributed by atoms with Gasteiger partial charge in [0.15, 0.2) is 0 Å². The molecule has 0 atom stereocenters. The second kappa shape index (κ2) is 11.8. The van der Waals surface area contributed by atoms with Crippen LogP contribution in [0.2, 0.25) is 0 Å². The minimum absolute atomic E-state index is 0.124. The maximum atomic E-state index is 2.51. The van der Waals surface area contributed by atoms with Crippen LogP contribution in [0.15, 0.2) is 182 Å². The van der Waals surface area contributed by atoms with Crippen LogP contribution in [0.1, 0.15) is 49.9 Å². The molecular formula is C62H42. The summed E-state index contributed by atoms with van der Waals surface area (Å²) < 4.78 is 0. The molecule has 0 radical (unpaired) electrons. The molecule has 0 saturated heterocycles. The molecule has 12 aromatic rings. The number of hydrogen-bond acceptors (Lipinski definition) is 0. The summed E-state index contributed by atoms with van der Waals surface area (Å²) in [6, 6.07) is 69.4. The second-order valence-corrected chi connectivity index (χ2v) is 19.0. The van der Waals surface area contributed by atoms with Crippen LogP contribution in [-0.2, 0) is 10.8 Å². The third-order valence-electron chi connectivity index (χ3n) is 15.3. The Morgan fingerprint density at radius 2 is 0.742 bits per heavy atom. The molecule has 14 rings (SSSR count). The normalized spacial score (nSPS) is 14.7. The summed E-state index contributed by atoms with van der Waals surface area (Å²) in [7, 11) is 0. The monoisotopic (exact) mass is 786 g/mol. The van der Waals surface area contributed by atoms with Crippen molar-refractivity contribution in [2.75, 3.05) is 0 Å². The lowest BCUT2D eigenvalue weighted by atomic mass is 9.77. The fourth-order valence-corrected chi connectivity index (χ4v) is 12.8. The Hall–Kier alpha value is -7.28. The van der Waals surface area contributed by atoms with Gasteiger partial charge in [-0.25, -0.2) is 0 Å². The standard InChI is InChI=1S/C62H42/c1-61(2)52-27-15-13-20-39(52)46-31-32-48-54-40-21-8-5-17-36(40)49(34-51(54)38-19-7-9-22-41(38)57(48)59(46)61)35-29-30-45-50(33-35)37-18-6-10-23-42(37)58-55(45)43-24-11-12-25-44(43)56-47-26-14-16-28-53(47)62(3,4)60(56)58/h5-34H,1-4H3. The highest BCUT2D eigenvalue weighted by molar-refractivity contribution is 6.37. The molecule has 0 spiro atoms. The van der Waals surface area contributed by atoms with Crippen molar-refractivity contribution in [3.05, 3.63) is 204 Å². The van der Waals surface area contributed by atoms with Crippen LogP contribution in [0, 0.1) is 0 Å². The molecule has 0 aromatic heterocycles. The fraction of sp³-hybridized carbons (Fsp3) is 0.0968. The number of fused-ring (bicyclic) bond motifs is 25. The Morgan fingerprint density at radius 3 is 1.45 bits per heavy atom. The Kier molecular flexibility index (Phi) is 6.53. The topological polar surface area (TPSA) is 0 Å². The summed E-state index contributed by atoms with van der Waals surface area (Å²) >= 11 is 0. The average Bonchev–Trinajstić information content (AvgIpc) is 3.70. The van der Waals surface area contributed by atoms with Crippen molar-refractivity contribution in [3.63, 3.8) is 0 Å². The van der Waals surface area contributed by atoms with Gasteiger partial charge in [-0.15, -0.1) is 0 Å². The van der Waals surface area contributed by atoms with E-state index in [4.69, 9.17) is 0 Å². The zero-order chi connectivity index (χ0) is 41.2. The van der Waals surface area contributed by atoms with E-state index in [2.05, 4.69) is 210 Å². The molecule has 0 heterocycles. The van der Waals surface area contributed by atoms with E-state index in [9.17, 15) is 0 Å². The van der Waals surface area contributed by atoms with Crippen molar-refractivity contribution in [1.29, 1.82) is 0 Å². The van der Waals surface area contributed by atoms with Gasteiger partial charge in [0, 0.05) is 10.8 Å². The minimum atomic E-state index is -0.151. The first kappa shape index (κ1) is 34.4. The Labute approximate surface area is 360 Å². The average molecular weight is 787 g/mol. The summed E-state index contributed by atoms with van der Waals surface area (Å²) in [6.07, 6.45) is 0. The fourth-order valence-electron chi connectivity index (χ4n) is 12.8. The molecule has 0 nitrogen and oxygen atoms in total. The molecule has 0 unspecified atom stereocenters. The van der Waals surface area contributed by atoms with E-state index in [0.29, 0.717) is 0 Å². The third-order valence-corrected chi connectivity index (χ3v) is 15.3. The lowest BCUT2D eigenvalue weighted by Gasteiger charge is -2.26. The first-order valence-electron chi connectivity index (χ1n) is 22.2. The zero-order valence-corrected chi connectivity index (χ0v) is 35.3. The lowest BCUT2D eigenvalue weighted by molar-refractivity contribution is 0.666. The summed E-state index contributed by atoms with van der Waals surface area (Å²) in [5.41, 5.74) is 13.5. The molecule has 62 heavy (non-hydrogen) atoms. The van der Waals surface area contributed by atoms with Crippen molar-refractivity contribution in [2.45, 2.75) is 38.5 Å². The van der Waals surface area contributed by atoms with E-state index >= 15 is 0 Å². The van der Waals surface area contributed by atoms with Gasteiger partial charge < -0.3 is 0 Å². The van der Waals surface area contributed by atoms with E-state index in [1.807, 2.05) is 0 Å². The number of benzene rings is 12. The van der Waals surface area contributed by atoms with Gasteiger partial charge in [0.2, 0.25) is 0 Å². The Bertz CT molecular complexity index is 4020. The third kappa shape index (κ3) is 4.13. The molecule has 0 aliphatic heterocycles. The van der Waals surface area contributed by atoms with Gasteiger partial charge in [-0.3, -0.25) is 0 Å². The molecule has 0 fully saturated rings. The van der Waals surface area contributed by atoms with Crippen LogP contribution in [0.3, 0.4) is 0 Å². The molecule has 2 aliphatic rings. The molecule has 12 aromatic carbocycles. The summed E-state index contributed by atoms with van der Waals surface area (Å²) in [5, 5.41) is 21.3. The highest BCUT2D eigenvalue weighted by Gasteiger charge is 2.40. The van der Waals surface area contributed by atoms with E-state index in [-0.39, 0.29) is 10.8 Å². The summed E-state index contributed by atoms with van der Waals surface area (Å²) in [6.45, 7) is 9.69. The smallest absolute Gasteiger partial charge is 0.0165 e. The van der Waals surface area contributed by atoms with Gasteiger partial charge in [0.1, 0.15) is 0 Å². The van der Waals surface area contributed by atoms with Crippen LogP contribution >= 0.6 is 0 Å². The van der Waals surface area contributed by atoms with Crippen molar-refractivity contribution < 1.29 is 0 Å². The maximum absolute atomic E-state index is 2.51. The first-order chi connectivity index (χ1) is 30.3. The lowest BCUT2D eigenvalue weighted by Crippen LogP contribution is -2.15. The van der Waals surface area contributed by atoms with E-state index in [1.54, 1.807) is 0 Å². The van der Waals surface area contributed by atoms with E-state index in [0.717, 1.165) is 0 Å². The van der Waals surface area contributed by atoms with Gasteiger partial charge in [-0.2, -0.15) is 0 Å². The highest BCUT2D eigenvalue weighted by Crippen LogP contribution is 2.58. The first-order valence-corrected chi connectivity index (χ1v) is 22.2. The van der Waals surface area contributed by atoms with Gasteiger partial charge in [-0.05, 0) is 154 Å². The number of hydrogen-bond donors (Lipinski definition) is 0. The van der Waals surface area contributed by atoms with Crippen LogP contribution in [0.25, 0.3) is 120 Å². The molecule has 0 bridgehead atoms. The van der Waals surface area contributed by atoms with Crippen LogP contribution in [0.4, 0.5) is 0 Å². The van der Waals surface area contributed by atoms with Crippen molar-refractivity contribution in [2.24, 2.45) is 0 Å². The maximum Gasteiger partial charge on any atom is 0.0165 e.